The van der Waals surface area contributed by atoms with Crippen molar-refractivity contribution in [3.63, 3.8) is 0 Å². The summed E-state index contributed by atoms with van der Waals surface area (Å²) in [5.74, 6) is -0.711. The third kappa shape index (κ3) is 5.05. The molecule has 0 bridgehead atoms. The molecule has 6 nitrogen and oxygen atoms in total. The van der Waals surface area contributed by atoms with E-state index in [0.717, 1.165) is 28.6 Å². The van der Waals surface area contributed by atoms with Crippen LogP contribution in [0.1, 0.15) is 36.1 Å². The summed E-state index contributed by atoms with van der Waals surface area (Å²) in [6.45, 7) is 5.49. The lowest BCUT2D eigenvalue weighted by Gasteiger charge is -2.26. The number of carbonyl (C=O) groups is 2. The number of Topliss-reactive ketones (excluding diaryl/α,β-unsaturated/α-hetero) is 1. The van der Waals surface area contributed by atoms with E-state index < -0.39 is 17.7 Å². The van der Waals surface area contributed by atoms with E-state index in [4.69, 9.17) is 4.74 Å². The normalized spacial score (nSPS) is 17.9. The lowest BCUT2D eigenvalue weighted by atomic mass is 9.94. The molecule has 0 radical (unpaired) electrons. The minimum atomic E-state index is -0.659. The minimum absolute atomic E-state index is 0.120. The molecule has 1 amide bonds. The topological polar surface area (TPSA) is 70.1 Å². The Kier molecular flexibility index (Phi) is 7.74. The standard InChI is InChI=1S/C25H29BrN2O4/c1-5-32-19-11-12-20(16(2)15-19)23(29)21-22(17-7-9-18(26)10-8-17)28(25(31)24(21)30)14-6-13-27(3)4/h7-12,15,22,29H,5-6,13-14H2,1-4H3/b23-21-. The van der Waals surface area contributed by atoms with Crippen molar-refractivity contribution >= 4 is 33.4 Å². The minimum Gasteiger partial charge on any atom is -0.507 e. The highest BCUT2D eigenvalue weighted by molar-refractivity contribution is 9.10. The van der Waals surface area contributed by atoms with E-state index in [1.54, 1.807) is 17.0 Å². The number of nitrogens with zero attached hydrogens (tertiary/aromatic N) is 2. The average molecular weight is 501 g/mol. The second-order valence-corrected chi connectivity index (χ2v) is 9.03. The predicted octanol–water partition coefficient (Wildman–Crippen LogP) is 4.53. The third-order valence-electron chi connectivity index (χ3n) is 5.49. The Labute approximate surface area is 197 Å². The summed E-state index contributed by atoms with van der Waals surface area (Å²) in [6.07, 6.45) is 0.717. The van der Waals surface area contributed by atoms with Gasteiger partial charge in [0.1, 0.15) is 11.5 Å². The first-order valence-electron chi connectivity index (χ1n) is 10.7. The number of ketones is 1. The van der Waals surface area contributed by atoms with Gasteiger partial charge in [-0.25, -0.2) is 0 Å². The smallest absolute Gasteiger partial charge is 0.295 e. The Balaban J connectivity index is 2.09. The number of aryl methyl sites for hydroxylation is 1. The van der Waals surface area contributed by atoms with E-state index in [1.165, 1.54) is 0 Å². The first kappa shape index (κ1) is 24.0. The number of aliphatic hydroxyl groups is 1. The molecule has 1 saturated heterocycles. The lowest BCUT2D eigenvalue weighted by molar-refractivity contribution is -0.139. The van der Waals surface area contributed by atoms with Crippen LogP contribution in [0.2, 0.25) is 0 Å². The highest BCUT2D eigenvalue weighted by Gasteiger charge is 2.45. The molecule has 1 fully saturated rings. The second kappa shape index (κ2) is 10.3. The molecular weight excluding hydrogens is 472 g/mol. The quantitative estimate of drug-likeness (QED) is 0.327. The summed E-state index contributed by atoms with van der Waals surface area (Å²) in [5, 5.41) is 11.2. The zero-order valence-electron chi connectivity index (χ0n) is 18.9. The summed E-state index contributed by atoms with van der Waals surface area (Å²) in [6, 6.07) is 12.2. The van der Waals surface area contributed by atoms with Gasteiger partial charge in [-0.3, -0.25) is 9.59 Å². The molecule has 32 heavy (non-hydrogen) atoms. The van der Waals surface area contributed by atoms with Crippen LogP contribution in [0.15, 0.2) is 52.5 Å². The second-order valence-electron chi connectivity index (χ2n) is 8.11. The first-order chi connectivity index (χ1) is 15.2. The predicted molar refractivity (Wildman–Crippen MR) is 129 cm³/mol. The van der Waals surface area contributed by atoms with Gasteiger partial charge in [0.15, 0.2) is 0 Å². The molecule has 0 spiro atoms. The van der Waals surface area contributed by atoms with Crippen LogP contribution in [-0.2, 0) is 9.59 Å². The van der Waals surface area contributed by atoms with Gasteiger partial charge in [-0.15, -0.1) is 0 Å². The number of ether oxygens (including phenoxy) is 1. The molecule has 3 rings (SSSR count). The van der Waals surface area contributed by atoms with Crippen molar-refractivity contribution in [1.82, 2.24) is 9.80 Å². The number of hydrogen-bond donors (Lipinski definition) is 1. The van der Waals surface area contributed by atoms with Crippen molar-refractivity contribution in [2.24, 2.45) is 0 Å². The van der Waals surface area contributed by atoms with Crippen LogP contribution >= 0.6 is 15.9 Å². The summed E-state index contributed by atoms with van der Waals surface area (Å²) >= 11 is 3.43. The zero-order chi connectivity index (χ0) is 23.4. The van der Waals surface area contributed by atoms with Gasteiger partial charge in [0.25, 0.3) is 11.7 Å². The average Bonchev–Trinajstić information content (AvgIpc) is 2.99. The van der Waals surface area contributed by atoms with Crippen molar-refractivity contribution in [3.05, 3.63) is 69.2 Å². The van der Waals surface area contributed by atoms with Gasteiger partial charge in [-0.05, 0) is 82.4 Å². The molecule has 1 atom stereocenters. The number of rotatable bonds is 8. The van der Waals surface area contributed by atoms with Crippen molar-refractivity contribution in [1.29, 1.82) is 0 Å². The van der Waals surface area contributed by atoms with Crippen LogP contribution in [0.25, 0.3) is 5.76 Å². The van der Waals surface area contributed by atoms with Gasteiger partial charge < -0.3 is 19.6 Å². The first-order valence-corrected chi connectivity index (χ1v) is 11.5. The van der Waals surface area contributed by atoms with Crippen LogP contribution < -0.4 is 4.74 Å². The molecule has 1 aliphatic heterocycles. The van der Waals surface area contributed by atoms with E-state index in [9.17, 15) is 14.7 Å². The Bertz CT molecular complexity index is 1030. The maximum Gasteiger partial charge on any atom is 0.295 e. The Morgan fingerprint density at radius 1 is 1.16 bits per heavy atom. The molecule has 1 unspecified atom stereocenters. The number of hydrogen-bond acceptors (Lipinski definition) is 5. The maximum atomic E-state index is 13.1. The van der Waals surface area contributed by atoms with Gasteiger partial charge in [0, 0.05) is 16.6 Å². The number of likely N-dealkylation sites (tertiary alicyclic amines) is 1. The fourth-order valence-corrected chi connectivity index (χ4v) is 4.23. The fourth-order valence-electron chi connectivity index (χ4n) is 3.96. The Morgan fingerprint density at radius 2 is 1.84 bits per heavy atom. The van der Waals surface area contributed by atoms with Gasteiger partial charge >= 0.3 is 0 Å². The maximum absolute atomic E-state index is 13.1. The van der Waals surface area contributed by atoms with Crippen LogP contribution in [0.4, 0.5) is 0 Å². The van der Waals surface area contributed by atoms with E-state index >= 15 is 0 Å². The van der Waals surface area contributed by atoms with Crippen molar-refractivity contribution in [2.45, 2.75) is 26.3 Å². The fraction of sp³-hybridized carbons (Fsp3) is 0.360. The molecular formula is C25H29BrN2O4. The van der Waals surface area contributed by atoms with E-state index in [-0.39, 0.29) is 11.3 Å². The van der Waals surface area contributed by atoms with Crippen molar-refractivity contribution in [2.75, 3.05) is 33.8 Å². The SMILES string of the molecule is CCOc1ccc(/C(O)=C2/C(=O)C(=O)N(CCCN(C)C)C2c2ccc(Br)cc2)c(C)c1. The number of halogens is 1. The third-order valence-corrected chi connectivity index (χ3v) is 6.02. The Hall–Kier alpha value is -2.64. The molecule has 0 saturated carbocycles. The number of aliphatic hydroxyl groups excluding tert-OH is 1. The number of amides is 1. The highest BCUT2D eigenvalue weighted by atomic mass is 79.9. The molecule has 1 aliphatic rings. The summed E-state index contributed by atoms with van der Waals surface area (Å²) in [7, 11) is 3.93. The largest absolute Gasteiger partial charge is 0.507 e. The summed E-state index contributed by atoms with van der Waals surface area (Å²) < 4.78 is 6.43. The lowest BCUT2D eigenvalue weighted by Crippen LogP contribution is -2.32. The molecule has 0 aromatic heterocycles. The van der Waals surface area contributed by atoms with Gasteiger partial charge in [-0.2, -0.15) is 0 Å². The van der Waals surface area contributed by atoms with Gasteiger partial charge in [-0.1, -0.05) is 28.1 Å². The number of benzene rings is 2. The molecule has 1 N–H and O–H groups in total. The molecule has 170 valence electrons. The van der Waals surface area contributed by atoms with E-state index in [0.29, 0.717) is 24.5 Å². The number of carbonyl (C=O) groups excluding carboxylic acids is 2. The van der Waals surface area contributed by atoms with E-state index in [1.807, 2.05) is 63.2 Å². The summed E-state index contributed by atoms with van der Waals surface area (Å²) in [4.78, 5) is 29.7. The van der Waals surface area contributed by atoms with Crippen LogP contribution in [-0.4, -0.2) is 60.4 Å². The van der Waals surface area contributed by atoms with Gasteiger partial charge in [0.2, 0.25) is 0 Å². The molecule has 1 heterocycles. The monoisotopic (exact) mass is 500 g/mol. The van der Waals surface area contributed by atoms with Crippen molar-refractivity contribution in [3.8, 4) is 5.75 Å². The molecule has 2 aromatic rings. The van der Waals surface area contributed by atoms with E-state index in [2.05, 4.69) is 15.9 Å². The highest BCUT2D eigenvalue weighted by Crippen LogP contribution is 2.40. The molecule has 2 aromatic carbocycles. The molecule has 0 aliphatic carbocycles. The van der Waals surface area contributed by atoms with Crippen molar-refractivity contribution < 1.29 is 19.4 Å². The molecule has 7 heteroatoms. The summed E-state index contributed by atoms with van der Waals surface area (Å²) in [5.41, 5.74) is 2.18. The zero-order valence-corrected chi connectivity index (χ0v) is 20.5. The Morgan fingerprint density at radius 3 is 2.44 bits per heavy atom. The van der Waals surface area contributed by atoms with Gasteiger partial charge in [0.05, 0.1) is 18.2 Å². The van der Waals surface area contributed by atoms with Crippen LogP contribution in [0.5, 0.6) is 5.75 Å². The van der Waals surface area contributed by atoms with Crippen LogP contribution in [0, 0.1) is 6.92 Å². The van der Waals surface area contributed by atoms with Crippen LogP contribution in [0.3, 0.4) is 0 Å².